The Morgan fingerprint density at radius 3 is 2.09 bits per heavy atom. The highest BCUT2D eigenvalue weighted by atomic mass is 13.9. The molecule has 0 aliphatic heterocycles. The van der Waals surface area contributed by atoms with Crippen molar-refractivity contribution in [2.24, 2.45) is 0 Å². The van der Waals surface area contributed by atoms with Crippen LogP contribution in [0.25, 0.3) is 0 Å². The molecule has 0 rings (SSSR count). The van der Waals surface area contributed by atoms with E-state index in [9.17, 15) is 0 Å². The van der Waals surface area contributed by atoms with Gasteiger partial charge in [0.05, 0.1) is 0 Å². The van der Waals surface area contributed by atoms with Crippen LogP contribution in [0.1, 0.15) is 65.2 Å². The molecule has 0 nitrogen and oxygen atoms in total. The van der Waals surface area contributed by atoms with Crippen molar-refractivity contribution in [3.05, 3.63) is 6.42 Å². The smallest absolute Gasteiger partial charge is 0.0386 e. The van der Waals surface area contributed by atoms with E-state index in [0.29, 0.717) is 0 Å². The summed E-state index contributed by atoms with van der Waals surface area (Å²) in [6.07, 6.45) is 13.5. The summed E-state index contributed by atoms with van der Waals surface area (Å²) >= 11 is 0. The van der Waals surface area contributed by atoms with Crippen molar-refractivity contribution < 1.29 is 0 Å². The Morgan fingerprint density at radius 2 is 1.45 bits per heavy atom. The van der Waals surface area contributed by atoms with Crippen molar-refractivity contribution in [3.8, 4) is 0 Å². The minimum absolute atomic E-state index is 1.31. The lowest BCUT2D eigenvalue weighted by Crippen LogP contribution is -1.80. The molecule has 0 saturated heterocycles. The number of unbranched alkanes of at least 4 members (excludes halogenated alkanes) is 8. The standard InChI is InChI=1S/C11H23/c1-3-5-7-9-11-10-8-6-4-2/h7H,3-6,8-11H2,1-2H3. The van der Waals surface area contributed by atoms with Crippen LogP contribution in [0, 0.1) is 6.42 Å². The molecular weight excluding hydrogens is 132 g/mol. The molecule has 11 heavy (non-hydrogen) atoms. The van der Waals surface area contributed by atoms with E-state index in [0.717, 1.165) is 0 Å². The predicted octanol–water partition coefficient (Wildman–Crippen LogP) is 4.35. The van der Waals surface area contributed by atoms with E-state index in [2.05, 4.69) is 20.3 Å². The molecule has 0 saturated carbocycles. The Labute approximate surface area is 72.4 Å². The van der Waals surface area contributed by atoms with Gasteiger partial charge in [0.15, 0.2) is 0 Å². The van der Waals surface area contributed by atoms with Gasteiger partial charge in [0.1, 0.15) is 0 Å². The van der Waals surface area contributed by atoms with Gasteiger partial charge in [-0.15, -0.1) is 0 Å². The summed E-state index contributed by atoms with van der Waals surface area (Å²) in [5.41, 5.74) is 0. The van der Waals surface area contributed by atoms with E-state index in [4.69, 9.17) is 0 Å². The largest absolute Gasteiger partial charge is 0.0654 e. The molecule has 0 heteroatoms. The molecule has 1 radical (unpaired) electrons. The zero-order valence-corrected chi connectivity index (χ0v) is 8.23. The summed E-state index contributed by atoms with van der Waals surface area (Å²) < 4.78 is 0. The van der Waals surface area contributed by atoms with Crippen LogP contribution in [0.4, 0.5) is 0 Å². The van der Waals surface area contributed by atoms with Gasteiger partial charge in [0, 0.05) is 0 Å². The molecule has 0 atom stereocenters. The van der Waals surface area contributed by atoms with Crippen LogP contribution in [-0.4, -0.2) is 0 Å². The molecule has 0 aliphatic rings. The third kappa shape index (κ3) is 10.0. The number of hydrogen-bond donors (Lipinski definition) is 0. The molecule has 0 aromatic heterocycles. The molecule has 0 heterocycles. The zero-order valence-electron chi connectivity index (χ0n) is 8.23. The van der Waals surface area contributed by atoms with Gasteiger partial charge < -0.3 is 0 Å². The summed E-state index contributed by atoms with van der Waals surface area (Å²) in [7, 11) is 0. The first kappa shape index (κ1) is 11.0. The quantitative estimate of drug-likeness (QED) is 0.457. The van der Waals surface area contributed by atoms with E-state index in [-0.39, 0.29) is 0 Å². The van der Waals surface area contributed by atoms with Crippen LogP contribution in [0.5, 0.6) is 0 Å². The van der Waals surface area contributed by atoms with Crippen LogP contribution >= 0.6 is 0 Å². The summed E-state index contributed by atoms with van der Waals surface area (Å²) in [4.78, 5) is 0. The van der Waals surface area contributed by atoms with Crippen molar-refractivity contribution in [1.29, 1.82) is 0 Å². The topological polar surface area (TPSA) is 0 Å². The maximum atomic E-state index is 2.44. The molecular formula is C11H23. The molecule has 67 valence electrons. The molecule has 0 aromatic carbocycles. The van der Waals surface area contributed by atoms with Gasteiger partial charge in [0.25, 0.3) is 0 Å². The monoisotopic (exact) mass is 155 g/mol. The van der Waals surface area contributed by atoms with E-state index in [1.165, 1.54) is 51.4 Å². The van der Waals surface area contributed by atoms with Crippen LogP contribution in [0.2, 0.25) is 0 Å². The highest BCUT2D eigenvalue weighted by Crippen LogP contribution is 2.08. The van der Waals surface area contributed by atoms with Crippen LogP contribution in [-0.2, 0) is 0 Å². The lowest BCUT2D eigenvalue weighted by atomic mass is 10.1. The fourth-order valence-corrected chi connectivity index (χ4v) is 1.24. The van der Waals surface area contributed by atoms with Crippen molar-refractivity contribution in [2.75, 3.05) is 0 Å². The minimum atomic E-state index is 1.31. The molecule has 0 unspecified atom stereocenters. The second-order valence-corrected chi connectivity index (χ2v) is 3.28. The fourth-order valence-electron chi connectivity index (χ4n) is 1.24. The molecule has 0 aliphatic carbocycles. The molecule has 0 N–H and O–H groups in total. The molecule has 0 aromatic rings. The highest BCUT2D eigenvalue weighted by Gasteiger charge is 1.89. The van der Waals surface area contributed by atoms with E-state index < -0.39 is 0 Å². The minimum Gasteiger partial charge on any atom is -0.0654 e. The first-order valence-electron chi connectivity index (χ1n) is 5.23. The Kier molecular flexibility index (Phi) is 10.0. The van der Waals surface area contributed by atoms with Crippen LogP contribution in [0.3, 0.4) is 0 Å². The Balaban J connectivity index is 2.69. The summed E-state index contributed by atoms with van der Waals surface area (Å²) in [6, 6.07) is 0. The predicted molar refractivity (Wildman–Crippen MR) is 52.6 cm³/mol. The van der Waals surface area contributed by atoms with Gasteiger partial charge in [-0.3, -0.25) is 0 Å². The fraction of sp³-hybridized carbons (Fsp3) is 0.909. The molecule has 0 bridgehead atoms. The third-order valence-corrected chi connectivity index (χ3v) is 2.00. The van der Waals surface area contributed by atoms with E-state index >= 15 is 0 Å². The maximum absolute atomic E-state index is 2.44. The number of rotatable bonds is 8. The van der Waals surface area contributed by atoms with Crippen molar-refractivity contribution >= 4 is 0 Å². The summed E-state index contributed by atoms with van der Waals surface area (Å²) in [5.74, 6) is 0. The average Bonchev–Trinajstić information content (AvgIpc) is 2.03. The van der Waals surface area contributed by atoms with Crippen LogP contribution in [0.15, 0.2) is 0 Å². The molecule has 0 spiro atoms. The first-order chi connectivity index (χ1) is 5.41. The van der Waals surface area contributed by atoms with Gasteiger partial charge in [-0.2, -0.15) is 0 Å². The van der Waals surface area contributed by atoms with Gasteiger partial charge in [-0.25, -0.2) is 0 Å². The zero-order chi connectivity index (χ0) is 8.36. The van der Waals surface area contributed by atoms with E-state index in [1.54, 1.807) is 0 Å². The van der Waals surface area contributed by atoms with Gasteiger partial charge in [-0.05, 0) is 6.42 Å². The Hall–Kier alpha value is 0. The van der Waals surface area contributed by atoms with Crippen molar-refractivity contribution in [1.82, 2.24) is 0 Å². The Morgan fingerprint density at radius 1 is 0.727 bits per heavy atom. The van der Waals surface area contributed by atoms with Gasteiger partial charge in [0.2, 0.25) is 0 Å². The average molecular weight is 155 g/mol. The summed E-state index contributed by atoms with van der Waals surface area (Å²) in [6.45, 7) is 4.51. The highest BCUT2D eigenvalue weighted by molar-refractivity contribution is 4.62. The second-order valence-electron chi connectivity index (χ2n) is 3.28. The van der Waals surface area contributed by atoms with Gasteiger partial charge in [-0.1, -0.05) is 65.2 Å². The number of hydrogen-bond acceptors (Lipinski definition) is 0. The lowest BCUT2D eigenvalue weighted by Gasteiger charge is -1.98. The van der Waals surface area contributed by atoms with Crippen molar-refractivity contribution in [3.63, 3.8) is 0 Å². The van der Waals surface area contributed by atoms with E-state index in [1.807, 2.05) is 0 Å². The first-order valence-corrected chi connectivity index (χ1v) is 5.23. The third-order valence-electron chi connectivity index (χ3n) is 2.00. The summed E-state index contributed by atoms with van der Waals surface area (Å²) in [5, 5.41) is 0. The molecule has 0 amide bonds. The lowest BCUT2D eigenvalue weighted by molar-refractivity contribution is 0.621. The van der Waals surface area contributed by atoms with Crippen molar-refractivity contribution in [2.45, 2.75) is 65.2 Å². The van der Waals surface area contributed by atoms with Crippen LogP contribution < -0.4 is 0 Å². The van der Waals surface area contributed by atoms with Gasteiger partial charge >= 0.3 is 0 Å². The second kappa shape index (κ2) is 10.0. The maximum Gasteiger partial charge on any atom is -0.0386 e. The normalized spacial score (nSPS) is 10.4. The SMILES string of the molecule is CCC[CH]CCCCCCC. The Bertz CT molecular complexity index is 49.1. The molecule has 0 fully saturated rings.